The molecule has 0 spiro atoms. The summed E-state index contributed by atoms with van der Waals surface area (Å²) in [5.74, 6) is 0.251. The van der Waals surface area contributed by atoms with Gasteiger partial charge in [0.25, 0.3) is 10.0 Å². The van der Waals surface area contributed by atoms with Crippen molar-refractivity contribution >= 4 is 26.7 Å². The van der Waals surface area contributed by atoms with E-state index in [1.807, 2.05) is 0 Å². The number of anilines is 1. The van der Waals surface area contributed by atoms with E-state index in [4.69, 9.17) is 4.52 Å². The number of aromatic nitrogens is 3. The minimum atomic E-state index is -3.75. The lowest BCUT2D eigenvalue weighted by molar-refractivity contribution is 0.390. The van der Waals surface area contributed by atoms with E-state index in [1.54, 1.807) is 44.4 Å². The Bertz CT molecular complexity index is 899. The summed E-state index contributed by atoms with van der Waals surface area (Å²) in [6.07, 6.45) is 3.13. The van der Waals surface area contributed by atoms with Crippen molar-refractivity contribution in [3.8, 4) is 0 Å². The molecule has 0 saturated heterocycles. The lowest BCUT2D eigenvalue weighted by atomic mass is 10.3. The van der Waals surface area contributed by atoms with Crippen molar-refractivity contribution in [1.29, 1.82) is 0 Å². The zero-order chi connectivity index (χ0) is 15.0. The monoisotopic (exact) mass is 304 g/mol. The van der Waals surface area contributed by atoms with Crippen LogP contribution in [0.15, 0.2) is 40.0 Å². The van der Waals surface area contributed by atoms with Gasteiger partial charge in [0.15, 0.2) is 10.7 Å². The topological polar surface area (TPSA) is 98.0 Å². The molecule has 108 valence electrons. The molecule has 2 heterocycles. The zero-order valence-electron chi connectivity index (χ0n) is 11.4. The molecule has 1 N–H and O–H groups in total. The van der Waals surface area contributed by atoms with Gasteiger partial charge < -0.3 is 4.52 Å². The van der Waals surface area contributed by atoms with E-state index < -0.39 is 10.0 Å². The van der Waals surface area contributed by atoms with E-state index >= 15 is 0 Å². The van der Waals surface area contributed by atoms with Crippen LogP contribution in [0.1, 0.15) is 11.5 Å². The number of fused-ring (bicyclic) bond motifs is 1. The molecule has 7 nitrogen and oxygen atoms in total. The molecule has 0 amide bonds. The van der Waals surface area contributed by atoms with Gasteiger partial charge in [0, 0.05) is 12.4 Å². The first-order chi connectivity index (χ1) is 9.97. The van der Waals surface area contributed by atoms with Crippen molar-refractivity contribution in [1.82, 2.24) is 15.1 Å². The fourth-order valence-electron chi connectivity index (χ4n) is 2.09. The van der Waals surface area contributed by atoms with Crippen LogP contribution in [0.25, 0.3) is 11.0 Å². The lowest BCUT2D eigenvalue weighted by Crippen LogP contribution is -2.14. The third kappa shape index (κ3) is 2.45. The third-order valence-electron chi connectivity index (χ3n) is 2.96. The summed E-state index contributed by atoms with van der Waals surface area (Å²) in [4.78, 5) is 8.33. The van der Waals surface area contributed by atoms with Crippen molar-refractivity contribution in [2.24, 2.45) is 0 Å². The van der Waals surface area contributed by atoms with E-state index in [2.05, 4.69) is 19.8 Å². The van der Waals surface area contributed by atoms with Crippen LogP contribution in [0.5, 0.6) is 0 Å². The first kappa shape index (κ1) is 13.5. The Balaban J connectivity index is 2.01. The molecule has 0 atom stereocenters. The maximum Gasteiger partial charge on any atom is 0.267 e. The average Bonchev–Trinajstić information content (AvgIpc) is 2.78. The molecule has 0 bridgehead atoms. The Kier molecular flexibility index (Phi) is 3.09. The van der Waals surface area contributed by atoms with Gasteiger partial charge >= 0.3 is 0 Å². The van der Waals surface area contributed by atoms with Gasteiger partial charge in [-0.3, -0.25) is 14.7 Å². The lowest BCUT2D eigenvalue weighted by Gasteiger charge is -2.08. The highest BCUT2D eigenvalue weighted by atomic mass is 32.2. The molecular formula is C13H12N4O3S. The van der Waals surface area contributed by atoms with E-state index in [0.29, 0.717) is 22.4 Å². The number of sulfonamides is 1. The molecule has 0 radical (unpaired) electrons. The standard InChI is InChI=1S/C13H12N4O3S/c1-8-13(9(2)20-16-8)21(18,19)17-10-3-4-11-12(7-10)15-6-5-14-11/h3-7,17H,1-2H3. The van der Waals surface area contributed by atoms with Crippen molar-refractivity contribution in [2.75, 3.05) is 4.72 Å². The van der Waals surface area contributed by atoms with Crippen LogP contribution in [0.2, 0.25) is 0 Å². The molecule has 2 aromatic heterocycles. The first-order valence-corrected chi connectivity index (χ1v) is 7.62. The fourth-order valence-corrected chi connectivity index (χ4v) is 3.47. The van der Waals surface area contributed by atoms with Crippen molar-refractivity contribution in [3.63, 3.8) is 0 Å². The molecule has 21 heavy (non-hydrogen) atoms. The summed E-state index contributed by atoms with van der Waals surface area (Å²) < 4.78 is 32.2. The Morgan fingerprint density at radius 2 is 1.81 bits per heavy atom. The Hall–Kier alpha value is -2.48. The minimum absolute atomic E-state index is 0.0572. The van der Waals surface area contributed by atoms with Gasteiger partial charge in [-0.05, 0) is 32.0 Å². The molecule has 0 aliphatic heterocycles. The summed E-state index contributed by atoms with van der Waals surface area (Å²) in [6.45, 7) is 3.14. The summed E-state index contributed by atoms with van der Waals surface area (Å²) >= 11 is 0. The van der Waals surface area contributed by atoms with Gasteiger partial charge in [-0.2, -0.15) is 0 Å². The van der Waals surface area contributed by atoms with Crippen LogP contribution >= 0.6 is 0 Å². The molecule has 0 aliphatic rings. The van der Waals surface area contributed by atoms with Crippen LogP contribution < -0.4 is 4.72 Å². The number of aryl methyl sites for hydroxylation is 2. The molecule has 0 fully saturated rings. The van der Waals surface area contributed by atoms with Crippen LogP contribution in [-0.4, -0.2) is 23.5 Å². The predicted molar refractivity (Wildman–Crippen MR) is 76.3 cm³/mol. The molecule has 1 aromatic carbocycles. The predicted octanol–water partition coefficient (Wildman–Crippen LogP) is 2.04. The van der Waals surface area contributed by atoms with Crippen LogP contribution in [0.4, 0.5) is 5.69 Å². The van der Waals surface area contributed by atoms with E-state index in [1.165, 1.54) is 0 Å². The second kappa shape index (κ2) is 4.81. The molecule has 3 rings (SSSR count). The van der Waals surface area contributed by atoms with E-state index in [9.17, 15) is 8.42 Å². The Morgan fingerprint density at radius 3 is 2.48 bits per heavy atom. The van der Waals surface area contributed by atoms with Crippen molar-refractivity contribution < 1.29 is 12.9 Å². The molecule has 0 aliphatic carbocycles. The van der Waals surface area contributed by atoms with Gasteiger partial charge in [0.05, 0.1) is 16.7 Å². The third-order valence-corrected chi connectivity index (χ3v) is 4.58. The quantitative estimate of drug-likeness (QED) is 0.795. The van der Waals surface area contributed by atoms with Gasteiger partial charge in [-0.1, -0.05) is 5.16 Å². The maximum absolute atomic E-state index is 12.4. The number of benzene rings is 1. The van der Waals surface area contributed by atoms with Gasteiger partial charge in [0.1, 0.15) is 5.69 Å². The minimum Gasteiger partial charge on any atom is -0.360 e. The highest BCUT2D eigenvalue weighted by molar-refractivity contribution is 7.92. The second-order valence-corrected chi connectivity index (χ2v) is 6.14. The number of rotatable bonds is 3. The molecule has 0 unspecified atom stereocenters. The largest absolute Gasteiger partial charge is 0.360 e. The molecule has 0 saturated carbocycles. The van der Waals surface area contributed by atoms with E-state index in [-0.39, 0.29) is 10.7 Å². The fraction of sp³-hybridized carbons (Fsp3) is 0.154. The number of hydrogen-bond donors (Lipinski definition) is 1. The molecule has 8 heteroatoms. The highest BCUT2D eigenvalue weighted by Crippen LogP contribution is 2.23. The van der Waals surface area contributed by atoms with Gasteiger partial charge in [-0.15, -0.1) is 0 Å². The van der Waals surface area contributed by atoms with Gasteiger partial charge in [0.2, 0.25) is 0 Å². The van der Waals surface area contributed by atoms with E-state index in [0.717, 1.165) is 0 Å². The van der Waals surface area contributed by atoms with Crippen molar-refractivity contribution in [3.05, 3.63) is 42.0 Å². The summed E-state index contributed by atoms with van der Waals surface area (Å²) in [5, 5.41) is 3.66. The number of nitrogens with zero attached hydrogens (tertiary/aromatic N) is 3. The summed E-state index contributed by atoms with van der Waals surface area (Å²) in [5.41, 5.74) is 2.03. The normalized spacial score (nSPS) is 11.7. The van der Waals surface area contributed by atoms with Gasteiger partial charge in [-0.25, -0.2) is 8.42 Å². The number of nitrogens with one attached hydrogen (secondary N) is 1. The Labute approximate surface area is 121 Å². The SMILES string of the molecule is Cc1noc(C)c1S(=O)(=O)Nc1ccc2nccnc2c1. The Morgan fingerprint density at radius 1 is 1.10 bits per heavy atom. The highest BCUT2D eigenvalue weighted by Gasteiger charge is 2.24. The maximum atomic E-state index is 12.4. The summed E-state index contributed by atoms with van der Waals surface area (Å²) in [6, 6.07) is 4.96. The number of hydrogen-bond acceptors (Lipinski definition) is 6. The molecular weight excluding hydrogens is 292 g/mol. The van der Waals surface area contributed by atoms with Crippen LogP contribution in [-0.2, 0) is 10.0 Å². The zero-order valence-corrected chi connectivity index (χ0v) is 12.2. The summed E-state index contributed by atoms with van der Waals surface area (Å²) in [7, 11) is -3.75. The second-order valence-electron chi connectivity index (χ2n) is 4.52. The first-order valence-electron chi connectivity index (χ1n) is 6.14. The van der Waals surface area contributed by atoms with Crippen LogP contribution in [0.3, 0.4) is 0 Å². The van der Waals surface area contributed by atoms with Crippen molar-refractivity contribution in [2.45, 2.75) is 18.7 Å². The van der Waals surface area contributed by atoms with Crippen LogP contribution in [0, 0.1) is 13.8 Å². The average molecular weight is 304 g/mol. The smallest absolute Gasteiger partial charge is 0.267 e. The molecule has 3 aromatic rings.